The molecule has 2 heteroatoms. The van der Waals surface area contributed by atoms with Crippen LogP contribution in [0.15, 0.2) is 182 Å². The van der Waals surface area contributed by atoms with Gasteiger partial charge < -0.3 is 9.47 Å². The number of aromatic nitrogens is 1. The molecule has 8 aromatic rings. The van der Waals surface area contributed by atoms with E-state index in [1.807, 2.05) is 0 Å². The van der Waals surface area contributed by atoms with Crippen LogP contribution in [0, 0.1) is 0 Å². The van der Waals surface area contributed by atoms with E-state index in [0.29, 0.717) is 0 Å². The van der Waals surface area contributed by atoms with Crippen LogP contribution in [0.4, 0.5) is 11.4 Å². The van der Waals surface area contributed by atoms with Gasteiger partial charge in [0.2, 0.25) is 0 Å². The van der Waals surface area contributed by atoms with Gasteiger partial charge in [0.1, 0.15) is 0 Å². The first-order chi connectivity index (χ1) is 26.8. The number of aryl methyl sites for hydroxylation is 1. The van der Waals surface area contributed by atoms with Gasteiger partial charge >= 0.3 is 0 Å². The monoisotopic (exact) mass is 694 g/mol. The summed E-state index contributed by atoms with van der Waals surface area (Å²) in [4.78, 5) is 2.56. The predicted molar refractivity (Wildman–Crippen MR) is 228 cm³/mol. The van der Waals surface area contributed by atoms with E-state index >= 15 is 0 Å². The lowest BCUT2D eigenvalue weighted by Crippen LogP contribution is -2.30. The second-order valence-corrected chi connectivity index (χ2v) is 14.7. The van der Waals surface area contributed by atoms with E-state index in [1.165, 1.54) is 96.6 Å². The van der Waals surface area contributed by atoms with Gasteiger partial charge in [-0.25, -0.2) is 0 Å². The van der Waals surface area contributed by atoms with Gasteiger partial charge in [0.05, 0.1) is 22.9 Å². The number of rotatable bonds is 8. The lowest BCUT2D eigenvalue weighted by atomic mass is 9.82. The zero-order valence-electron chi connectivity index (χ0n) is 30.6. The standard InChI is InChI=1S/C52H42N2/c1-2-3-14-36-15-13-18-41(35-36)39-29-31-42(32-30-39)53-47-23-11-8-20-44(47)51-49(53)33-34-50-52(51)45-21-9-12-24-48(45)54(50)46-22-10-7-19-43(46)40-27-25-38(26-28-40)37-16-5-4-6-17-37/h4-13,15-35,49,51H,2-3,14H2,1H3. The highest BCUT2D eigenvalue weighted by atomic mass is 15.2. The van der Waals surface area contributed by atoms with Crippen molar-refractivity contribution in [3.8, 4) is 39.1 Å². The van der Waals surface area contributed by atoms with Gasteiger partial charge in [-0.15, -0.1) is 0 Å². The van der Waals surface area contributed by atoms with Crippen molar-refractivity contribution in [3.05, 3.63) is 204 Å². The molecule has 0 fully saturated rings. The summed E-state index contributed by atoms with van der Waals surface area (Å²) < 4.78 is 2.51. The van der Waals surface area contributed by atoms with E-state index in [4.69, 9.17) is 0 Å². The maximum Gasteiger partial charge on any atom is 0.0637 e. The summed E-state index contributed by atoms with van der Waals surface area (Å²) in [6.45, 7) is 2.26. The molecule has 0 radical (unpaired) electrons. The van der Waals surface area contributed by atoms with Gasteiger partial charge in [-0.3, -0.25) is 0 Å². The summed E-state index contributed by atoms with van der Waals surface area (Å²) in [5, 5.41) is 1.32. The molecule has 10 rings (SSSR count). The van der Waals surface area contributed by atoms with Crippen LogP contribution in [0.25, 0.3) is 56.0 Å². The molecule has 2 unspecified atom stereocenters. The fraction of sp³-hybridized carbons (Fsp3) is 0.115. The molecule has 0 spiro atoms. The fourth-order valence-electron chi connectivity index (χ4n) is 9.01. The van der Waals surface area contributed by atoms with E-state index in [9.17, 15) is 0 Å². The van der Waals surface area contributed by atoms with Gasteiger partial charge in [0.25, 0.3) is 0 Å². The first-order valence-electron chi connectivity index (χ1n) is 19.4. The Balaban J connectivity index is 1.06. The molecule has 0 amide bonds. The number of nitrogens with zero attached hydrogens (tertiary/aromatic N) is 2. The SMILES string of the molecule is CCCCc1cccc(-c2ccc(N3c4ccccc4C4c5c(n(-c6ccccc6-c6ccc(-c7ccccc7)cc6)c6ccccc56)C=CC43)cc2)c1. The average molecular weight is 695 g/mol. The maximum atomic E-state index is 2.56. The van der Waals surface area contributed by atoms with E-state index in [-0.39, 0.29) is 12.0 Å². The van der Waals surface area contributed by atoms with Crippen molar-refractivity contribution >= 4 is 28.4 Å². The van der Waals surface area contributed by atoms with E-state index in [2.05, 4.69) is 204 Å². The molecule has 0 saturated carbocycles. The van der Waals surface area contributed by atoms with Gasteiger partial charge in [-0.05, 0) is 93.8 Å². The van der Waals surface area contributed by atoms with Crippen LogP contribution in [-0.4, -0.2) is 10.6 Å². The number of hydrogen-bond donors (Lipinski definition) is 0. The summed E-state index contributed by atoms with van der Waals surface area (Å²) in [5.74, 6) is 0.194. The Kier molecular flexibility index (Phi) is 8.10. The van der Waals surface area contributed by atoms with Crippen molar-refractivity contribution in [2.75, 3.05) is 4.90 Å². The quantitative estimate of drug-likeness (QED) is 0.154. The Labute approximate surface area is 318 Å². The van der Waals surface area contributed by atoms with Crippen LogP contribution in [-0.2, 0) is 6.42 Å². The topological polar surface area (TPSA) is 8.17 Å². The van der Waals surface area contributed by atoms with E-state index < -0.39 is 0 Å². The van der Waals surface area contributed by atoms with Gasteiger partial charge in [-0.1, -0.05) is 165 Å². The smallest absolute Gasteiger partial charge is 0.0637 e. The lowest BCUT2D eigenvalue weighted by molar-refractivity contribution is 0.725. The Morgan fingerprint density at radius 2 is 1.19 bits per heavy atom. The lowest BCUT2D eigenvalue weighted by Gasteiger charge is -2.31. The molecule has 1 aliphatic heterocycles. The number of unbranched alkanes of at least 4 members (excludes halogenated alkanes) is 1. The van der Waals surface area contributed by atoms with Crippen molar-refractivity contribution in [1.82, 2.24) is 4.57 Å². The minimum atomic E-state index is 0.165. The molecule has 1 aliphatic carbocycles. The molecule has 0 bridgehead atoms. The van der Waals surface area contributed by atoms with E-state index in [1.54, 1.807) is 0 Å². The third-order valence-corrected chi connectivity index (χ3v) is 11.6. The average Bonchev–Trinajstić information content (AvgIpc) is 3.76. The number of para-hydroxylation sites is 3. The second-order valence-electron chi connectivity index (χ2n) is 14.7. The zero-order valence-corrected chi connectivity index (χ0v) is 30.6. The summed E-state index contributed by atoms with van der Waals surface area (Å²) in [5.41, 5.74) is 17.9. The zero-order chi connectivity index (χ0) is 36.0. The summed E-state index contributed by atoms with van der Waals surface area (Å²) >= 11 is 0. The van der Waals surface area contributed by atoms with Crippen molar-refractivity contribution in [2.45, 2.75) is 38.1 Å². The van der Waals surface area contributed by atoms with Crippen molar-refractivity contribution < 1.29 is 0 Å². The van der Waals surface area contributed by atoms with Crippen molar-refractivity contribution in [3.63, 3.8) is 0 Å². The number of fused-ring (bicyclic) bond motifs is 7. The molecule has 7 aromatic carbocycles. The van der Waals surface area contributed by atoms with Crippen LogP contribution in [0.5, 0.6) is 0 Å². The Hall–Kier alpha value is -6.38. The molecule has 0 N–H and O–H groups in total. The third-order valence-electron chi connectivity index (χ3n) is 11.6. The first-order valence-corrected chi connectivity index (χ1v) is 19.4. The van der Waals surface area contributed by atoms with Crippen LogP contribution < -0.4 is 4.90 Å². The molecular formula is C52H42N2. The molecule has 1 aromatic heterocycles. The number of benzene rings is 7. The minimum absolute atomic E-state index is 0.165. The number of anilines is 2. The van der Waals surface area contributed by atoms with Crippen LogP contribution in [0.1, 0.15) is 48.1 Å². The predicted octanol–water partition coefficient (Wildman–Crippen LogP) is 13.7. The highest BCUT2D eigenvalue weighted by molar-refractivity contribution is 5.95. The molecule has 0 saturated heterocycles. The number of hydrogen-bond acceptors (Lipinski definition) is 1. The molecule has 2 atom stereocenters. The highest BCUT2D eigenvalue weighted by Crippen LogP contribution is 2.54. The Bertz CT molecular complexity index is 2640. The highest BCUT2D eigenvalue weighted by Gasteiger charge is 2.43. The molecule has 54 heavy (non-hydrogen) atoms. The Morgan fingerprint density at radius 3 is 2.02 bits per heavy atom. The minimum Gasteiger partial charge on any atom is -0.333 e. The first kappa shape index (κ1) is 32.3. The summed E-state index contributed by atoms with van der Waals surface area (Å²) in [7, 11) is 0. The van der Waals surface area contributed by atoms with E-state index in [0.717, 1.165) is 6.42 Å². The second kappa shape index (κ2) is 13.5. The summed E-state index contributed by atoms with van der Waals surface area (Å²) in [6, 6.07) is 65.1. The maximum absolute atomic E-state index is 2.56. The summed E-state index contributed by atoms with van der Waals surface area (Å²) in [6.07, 6.45) is 8.41. The van der Waals surface area contributed by atoms with Crippen LogP contribution in [0.3, 0.4) is 0 Å². The normalized spacial score (nSPS) is 15.6. The Morgan fingerprint density at radius 1 is 0.537 bits per heavy atom. The molecular weight excluding hydrogens is 653 g/mol. The largest absolute Gasteiger partial charge is 0.333 e. The molecule has 2 aliphatic rings. The van der Waals surface area contributed by atoms with Crippen LogP contribution >= 0.6 is 0 Å². The van der Waals surface area contributed by atoms with Gasteiger partial charge in [0.15, 0.2) is 0 Å². The van der Waals surface area contributed by atoms with Crippen LogP contribution in [0.2, 0.25) is 0 Å². The van der Waals surface area contributed by atoms with Crippen molar-refractivity contribution in [2.24, 2.45) is 0 Å². The molecule has 2 nitrogen and oxygen atoms in total. The van der Waals surface area contributed by atoms with Gasteiger partial charge in [0, 0.05) is 28.2 Å². The third kappa shape index (κ3) is 5.41. The fourth-order valence-corrected chi connectivity index (χ4v) is 9.01. The van der Waals surface area contributed by atoms with Crippen molar-refractivity contribution in [1.29, 1.82) is 0 Å². The van der Waals surface area contributed by atoms with Gasteiger partial charge in [-0.2, -0.15) is 0 Å². The molecule has 2 heterocycles. The molecule has 260 valence electrons.